The molecule has 0 saturated carbocycles. The van der Waals surface area contributed by atoms with Crippen LogP contribution < -0.4 is 4.90 Å². The number of alkyl halides is 3. The molecule has 198 valence electrons. The molecule has 2 aromatic rings. The molecular formula is C28H33F3N4O2. The largest absolute Gasteiger partial charge is 0.416 e. The van der Waals surface area contributed by atoms with Gasteiger partial charge in [0.25, 0.3) is 0 Å². The first-order valence-corrected chi connectivity index (χ1v) is 13.0. The number of nitrogens with zero attached hydrogens (tertiary/aromatic N) is 4. The fourth-order valence-electron chi connectivity index (χ4n) is 5.95. The maximum absolute atomic E-state index is 13.8. The Balaban J connectivity index is 1.38. The third-order valence-corrected chi connectivity index (χ3v) is 8.04. The molecule has 3 aliphatic heterocycles. The predicted molar refractivity (Wildman–Crippen MR) is 135 cm³/mol. The summed E-state index contributed by atoms with van der Waals surface area (Å²) in [5.74, 6) is -0.462. The molecular weight excluding hydrogens is 481 g/mol. The second-order valence-corrected chi connectivity index (χ2v) is 10.3. The van der Waals surface area contributed by atoms with E-state index in [4.69, 9.17) is 0 Å². The predicted octanol–water partition coefficient (Wildman–Crippen LogP) is 3.30. The summed E-state index contributed by atoms with van der Waals surface area (Å²) in [7, 11) is 0. The molecule has 2 amide bonds. The average Bonchev–Trinajstić information content (AvgIpc) is 2.90. The van der Waals surface area contributed by atoms with E-state index in [-0.39, 0.29) is 17.9 Å². The number of halogens is 3. The van der Waals surface area contributed by atoms with Gasteiger partial charge in [-0.3, -0.25) is 14.5 Å². The molecule has 2 aromatic carbocycles. The van der Waals surface area contributed by atoms with Gasteiger partial charge in [-0.05, 0) is 42.2 Å². The van der Waals surface area contributed by atoms with Crippen LogP contribution in [0, 0.1) is 5.92 Å². The topological polar surface area (TPSA) is 47.1 Å². The van der Waals surface area contributed by atoms with Crippen molar-refractivity contribution in [2.45, 2.75) is 32.0 Å². The van der Waals surface area contributed by atoms with Gasteiger partial charge >= 0.3 is 6.18 Å². The van der Waals surface area contributed by atoms with Gasteiger partial charge in [-0.1, -0.05) is 30.3 Å². The zero-order valence-corrected chi connectivity index (χ0v) is 21.1. The Bertz CT molecular complexity index is 1130. The molecule has 2 fully saturated rings. The van der Waals surface area contributed by atoms with Gasteiger partial charge in [-0.25, -0.2) is 0 Å². The number of anilines is 1. The van der Waals surface area contributed by atoms with Gasteiger partial charge in [0.1, 0.15) is 0 Å². The van der Waals surface area contributed by atoms with Gasteiger partial charge in [0.05, 0.1) is 17.5 Å². The number of carbonyl (C=O) groups is 2. The van der Waals surface area contributed by atoms with Crippen LogP contribution in [0.15, 0.2) is 48.5 Å². The number of piperazine rings is 2. The molecule has 2 saturated heterocycles. The number of hydrogen-bond acceptors (Lipinski definition) is 4. The molecule has 0 N–H and O–H groups in total. The van der Waals surface area contributed by atoms with Crippen LogP contribution in [0.4, 0.5) is 18.9 Å². The summed E-state index contributed by atoms with van der Waals surface area (Å²) in [6, 6.07) is 14.1. The Morgan fingerprint density at radius 2 is 1.62 bits per heavy atom. The van der Waals surface area contributed by atoms with Crippen molar-refractivity contribution in [3.63, 3.8) is 0 Å². The number of benzene rings is 2. The van der Waals surface area contributed by atoms with Crippen molar-refractivity contribution in [2.75, 3.05) is 57.3 Å². The van der Waals surface area contributed by atoms with E-state index in [1.54, 1.807) is 15.9 Å². The van der Waals surface area contributed by atoms with Crippen LogP contribution in [0.1, 0.15) is 23.6 Å². The van der Waals surface area contributed by atoms with Gasteiger partial charge in [-0.15, -0.1) is 0 Å². The monoisotopic (exact) mass is 514 g/mol. The van der Waals surface area contributed by atoms with E-state index >= 15 is 0 Å². The van der Waals surface area contributed by atoms with Crippen molar-refractivity contribution < 1.29 is 22.8 Å². The van der Waals surface area contributed by atoms with Gasteiger partial charge < -0.3 is 14.7 Å². The molecule has 5 rings (SSSR count). The van der Waals surface area contributed by atoms with Crippen molar-refractivity contribution in [3.05, 3.63) is 65.2 Å². The Morgan fingerprint density at radius 3 is 2.30 bits per heavy atom. The lowest BCUT2D eigenvalue weighted by Gasteiger charge is -2.50. The lowest BCUT2D eigenvalue weighted by atomic mass is 9.82. The first-order chi connectivity index (χ1) is 17.7. The highest BCUT2D eigenvalue weighted by atomic mass is 19.4. The number of hydrogen-bond donors (Lipinski definition) is 0. The Labute approximate surface area is 215 Å². The minimum absolute atomic E-state index is 0.00844. The van der Waals surface area contributed by atoms with Crippen LogP contribution in [0.5, 0.6) is 0 Å². The quantitative estimate of drug-likeness (QED) is 0.629. The van der Waals surface area contributed by atoms with Crippen molar-refractivity contribution >= 4 is 17.5 Å². The molecule has 0 aromatic heterocycles. The number of fused-ring (bicyclic) bond motifs is 3. The summed E-state index contributed by atoms with van der Waals surface area (Å²) in [4.78, 5) is 33.6. The highest BCUT2D eigenvalue weighted by Crippen LogP contribution is 2.40. The lowest BCUT2D eigenvalue weighted by Crippen LogP contribution is -2.62. The highest BCUT2D eigenvalue weighted by molar-refractivity contribution is 5.83. The molecule has 9 heteroatoms. The van der Waals surface area contributed by atoms with Gasteiger partial charge in [-0.2, -0.15) is 13.2 Å². The zero-order chi connectivity index (χ0) is 26.2. The zero-order valence-electron chi connectivity index (χ0n) is 21.1. The lowest BCUT2D eigenvalue weighted by molar-refractivity contribution is -0.142. The van der Waals surface area contributed by atoms with Crippen molar-refractivity contribution in [3.8, 4) is 0 Å². The van der Waals surface area contributed by atoms with Crippen LogP contribution in [-0.2, 0) is 28.6 Å². The fourth-order valence-corrected chi connectivity index (χ4v) is 5.95. The second-order valence-electron chi connectivity index (χ2n) is 10.3. The molecule has 0 radical (unpaired) electrons. The minimum atomic E-state index is -4.43. The summed E-state index contributed by atoms with van der Waals surface area (Å²) in [5.41, 5.74) is 1.98. The number of rotatable bonds is 4. The normalized spacial score (nSPS) is 22.4. The van der Waals surface area contributed by atoms with E-state index < -0.39 is 17.7 Å². The maximum Gasteiger partial charge on any atom is 0.416 e. The standard InChI is InChI=1S/C28H33F3N4O2/c1-20(36)33-12-14-34(15-13-33)27(37)24-18-22-17-23(28(29,30)31)7-8-25(22)35-16-11-32(19-26(24)35)10-9-21-5-3-2-4-6-21/h2-8,17,24,26H,9-16,18-19H2,1H3/t24-,26-/m1/s1. The number of amides is 2. The van der Waals surface area contributed by atoms with Crippen LogP contribution in [0.2, 0.25) is 0 Å². The molecule has 0 unspecified atom stereocenters. The Morgan fingerprint density at radius 1 is 0.919 bits per heavy atom. The van der Waals surface area contributed by atoms with E-state index in [0.717, 1.165) is 31.3 Å². The van der Waals surface area contributed by atoms with Crippen LogP contribution in [0.3, 0.4) is 0 Å². The molecule has 0 aliphatic carbocycles. The summed E-state index contributed by atoms with van der Waals surface area (Å²) >= 11 is 0. The van der Waals surface area contributed by atoms with Gasteiger partial charge in [0.15, 0.2) is 0 Å². The van der Waals surface area contributed by atoms with Crippen LogP contribution in [-0.4, -0.2) is 84.9 Å². The molecule has 3 heterocycles. The highest BCUT2D eigenvalue weighted by Gasteiger charge is 2.44. The fraction of sp³-hybridized carbons (Fsp3) is 0.500. The third kappa shape index (κ3) is 5.46. The van der Waals surface area contributed by atoms with E-state index in [0.29, 0.717) is 51.3 Å². The molecule has 2 atom stereocenters. The van der Waals surface area contributed by atoms with Crippen molar-refractivity contribution in [2.24, 2.45) is 5.92 Å². The minimum Gasteiger partial charge on any atom is -0.365 e. The smallest absolute Gasteiger partial charge is 0.365 e. The summed E-state index contributed by atoms with van der Waals surface area (Å²) < 4.78 is 40.5. The Hall–Kier alpha value is -3.07. The van der Waals surface area contributed by atoms with E-state index in [9.17, 15) is 22.8 Å². The maximum atomic E-state index is 13.8. The van der Waals surface area contributed by atoms with Crippen molar-refractivity contribution in [1.29, 1.82) is 0 Å². The summed E-state index contributed by atoms with van der Waals surface area (Å²) in [5, 5.41) is 0. The van der Waals surface area contributed by atoms with E-state index in [1.807, 2.05) is 18.2 Å². The first-order valence-electron chi connectivity index (χ1n) is 13.0. The molecule has 3 aliphatic rings. The van der Waals surface area contributed by atoms with Crippen LogP contribution >= 0.6 is 0 Å². The van der Waals surface area contributed by atoms with E-state index in [1.165, 1.54) is 18.6 Å². The second kappa shape index (κ2) is 10.4. The van der Waals surface area contributed by atoms with Gasteiger partial charge in [0, 0.05) is 65.0 Å². The van der Waals surface area contributed by atoms with Gasteiger partial charge in [0.2, 0.25) is 11.8 Å². The van der Waals surface area contributed by atoms with E-state index in [2.05, 4.69) is 21.9 Å². The third-order valence-electron chi connectivity index (χ3n) is 8.04. The molecule has 0 bridgehead atoms. The van der Waals surface area contributed by atoms with Crippen LogP contribution in [0.25, 0.3) is 0 Å². The van der Waals surface area contributed by atoms with Crippen molar-refractivity contribution in [1.82, 2.24) is 14.7 Å². The molecule has 37 heavy (non-hydrogen) atoms. The average molecular weight is 515 g/mol. The SMILES string of the molecule is CC(=O)N1CCN(C(=O)[C@@H]2Cc3cc(C(F)(F)F)ccc3N3CCN(CCc4ccccc4)C[C@H]23)CC1. The summed E-state index contributed by atoms with van der Waals surface area (Å²) in [6.07, 6.45) is -3.23. The summed E-state index contributed by atoms with van der Waals surface area (Å²) in [6.45, 7) is 6.42. The first kappa shape index (κ1) is 25.6. The molecule has 6 nitrogen and oxygen atoms in total. The number of carbonyl (C=O) groups excluding carboxylic acids is 2. The molecule has 0 spiro atoms. The Kier molecular flexibility index (Phi) is 7.16.